The lowest BCUT2D eigenvalue weighted by atomic mass is 10.1. The standard InChI is InChI=1S/C14H12BrClOS/c15-13-7-2-1-6-12(13)14(17)9-18-11-5-3-4-10(16)8-11/h1-8,14,17H,9H2. The smallest absolute Gasteiger partial charge is 0.0894 e. The second-order valence-electron chi connectivity index (χ2n) is 3.81. The van der Waals surface area contributed by atoms with Crippen LogP contribution in [0.25, 0.3) is 0 Å². The molecule has 1 unspecified atom stereocenters. The van der Waals surface area contributed by atoms with Crippen LogP contribution < -0.4 is 0 Å². The highest BCUT2D eigenvalue weighted by molar-refractivity contribution is 9.10. The molecule has 2 rings (SSSR count). The van der Waals surface area contributed by atoms with Gasteiger partial charge < -0.3 is 5.11 Å². The molecule has 0 amide bonds. The summed E-state index contributed by atoms with van der Waals surface area (Å²) in [6.45, 7) is 0. The Kier molecular flexibility index (Phi) is 5.13. The summed E-state index contributed by atoms with van der Waals surface area (Å²) in [5.41, 5.74) is 0.909. The van der Waals surface area contributed by atoms with Crippen molar-refractivity contribution in [3.63, 3.8) is 0 Å². The van der Waals surface area contributed by atoms with Crippen molar-refractivity contribution in [3.05, 3.63) is 63.6 Å². The van der Waals surface area contributed by atoms with Crippen molar-refractivity contribution in [2.75, 3.05) is 5.75 Å². The lowest BCUT2D eigenvalue weighted by Gasteiger charge is -2.12. The lowest BCUT2D eigenvalue weighted by molar-refractivity contribution is 0.203. The normalized spacial score (nSPS) is 12.4. The molecule has 0 spiro atoms. The molecule has 0 aliphatic carbocycles. The molecular formula is C14H12BrClOS. The van der Waals surface area contributed by atoms with E-state index in [0.29, 0.717) is 5.75 Å². The van der Waals surface area contributed by atoms with Crippen LogP contribution in [0.5, 0.6) is 0 Å². The van der Waals surface area contributed by atoms with E-state index < -0.39 is 6.10 Å². The van der Waals surface area contributed by atoms with Gasteiger partial charge in [0.15, 0.2) is 0 Å². The van der Waals surface area contributed by atoms with Gasteiger partial charge in [-0.1, -0.05) is 51.8 Å². The first-order valence-corrected chi connectivity index (χ1v) is 7.63. The maximum absolute atomic E-state index is 10.1. The van der Waals surface area contributed by atoms with Gasteiger partial charge in [0.2, 0.25) is 0 Å². The van der Waals surface area contributed by atoms with Gasteiger partial charge in [0.05, 0.1) is 6.10 Å². The number of thioether (sulfide) groups is 1. The molecule has 0 radical (unpaired) electrons. The van der Waals surface area contributed by atoms with Gasteiger partial charge in [-0.2, -0.15) is 0 Å². The summed E-state index contributed by atoms with van der Waals surface area (Å²) >= 11 is 11.0. The molecule has 2 aromatic carbocycles. The molecule has 2 aromatic rings. The number of aliphatic hydroxyl groups excluding tert-OH is 1. The van der Waals surface area contributed by atoms with Gasteiger partial charge in [0, 0.05) is 20.1 Å². The second-order valence-corrected chi connectivity index (χ2v) is 6.19. The highest BCUT2D eigenvalue weighted by Crippen LogP contribution is 2.29. The first-order valence-electron chi connectivity index (χ1n) is 5.47. The molecule has 0 saturated carbocycles. The van der Waals surface area contributed by atoms with Gasteiger partial charge in [0.25, 0.3) is 0 Å². The minimum absolute atomic E-state index is 0.496. The molecule has 0 bridgehead atoms. The molecule has 1 nitrogen and oxygen atoms in total. The minimum atomic E-state index is -0.496. The molecule has 0 aliphatic rings. The van der Waals surface area contributed by atoms with E-state index in [1.54, 1.807) is 11.8 Å². The Morgan fingerprint density at radius 1 is 1.17 bits per heavy atom. The summed E-state index contributed by atoms with van der Waals surface area (Å²) in [4.78, 5) is 1.06. The Morgan fingerprint density at radius 2 is 1.94 bits per heavy atom. The van der Waals surface area contributed by atoms with E-state index >= 15 is 0 Å². The van der Waals surface area contributed by atoms with Crippen LogP contribution in [0.3, 0.4) is 0 Å². The first-order chi connectivity index (χ1) is 8.66. The van der Waals surface area contributed by atoms with E-state index in [1.807, 2.05) is 48.5 Å². The van der Waals surface area contributed by atoms with Gasteiger partial charge in [-0.15, -0.1) is 11.8 Å². The van der Waals surface area contributed by atoms with Crippen LogP contribution in [-0.4, -0.2) is 10.9 Å². The zero-order valence-corrected chi connectivity index (χ0v) is 12.7. The van der Waals surface area contributed by atoms with Gasteiger partial charge >= 0.3 is 0 Å². The van der Waals surface area contributed by atoms with E-state index in [0.717, 1.165) is 20.0 Å². The molecule has 0 aromatic heterocycles. The van der Waals surface area contributed by atoms with Gasteiger partial charge in [0.1, 0.15) is 0 Å². The van der Waals surface area contributed by atoms with E-state index in [1.165, 1.54) is 0 Å². The average molecular weight is 344 g/mol. The molecule has 4 heteroatoms. The molecule has 0 saturated heterocycles. The second kappa shape index (κ2) is 6.62. The van der Waals surface area contributed by atoms with Crippen molar-refractivity contribution in [3.8, 4) is 0 Å². The number of benzene rings is 2. The van der Waals surface area contributed by atoms with E-state index in [2.05, 4.69) is 15.9 Å². The van der Waals surface area contributed by atoms with Crippen LogP contribution in [0.15, 0.2) is 57.9 Å². The summed E-state index contributed by atoms with van der Waals surface area (Å²) in [5, 5.41) is 10.9. The largest absolute Gasteiger partial charge is 0.387 e. The fourth-order valence-corrected chi connectivity index (χ4v) is 3.29. The topological polar surface area (TPSA) is 20.2 Å². The lowest BCUT2D eigenvalue weighted by Crippen LogP contribution is -2.01. The predicted octanol–water partition coefficient (Wildman–Crippen LogP) is 4.93. The Morgan fingerprint density at radius 3 is 2.67 bits per heavy atom. The fourth-order valence-electron chi connectivity index (χ4n) is 1.57. The van der Waals surface area contributed by atoms with Crippen LogP contribution in [0.2, 0.25) is 5.02 Å². The van der Waals surface area contributed by atoms with Crippen LogP contribution in [0, 0.1) is 0 Å². The van der Waals surface area contributed by atoms with Crippen LogP contribution in [0.4, 0.5) is 0 Å². The van der Waals surface area contributed by atoms with Crippen LogP contribution in [-0.2, 0) is 0 Å². The molecule has 94 valence electrons. The Labute approximate surface area is 124 Å². The highest BCUT2D eigenvalue weighted by atomic mass is 79.9. The molecule has 18 heavy (non-hydrogen) atoms. The zero-order valence-electron chi connectivity index (χ0n) is 9.51. The van der Waals surface area contributed by atoms with E-state index in [-0.39, 0.29) is 0 Å². The highest BCUT2D eigenvalue weighted by Gasteiger charge is 2.11. The Balaban J connectivity index is 2.00. The monoisotopic (exact) mass is 342 g/mol. The van der Waals surface area contributed by atoms with Crippen molar-refractivity contribution < 1.29 is 5.11 Å². The van der Waals surface area contributed by atoms with Crippen LogP contribution >= 0.6 is 39.3 Å². The quantitative estimate of drug-likeness (QED) is 0.794. The SMILES string of the molecule is OC(CSc1cccc(Cl)c1)c1ccccc1Br. The minimum Gasteiger partial charge on any atom is -0.387 e. The molecule has 1 atom stereocenters. The Bertz CT molecular complexity index is 533. The fraction of sp³-hybridized carbons (Fsp3) is 0.143. The molecule has 1 N–H and O–H groups in total. The first kappa shape index (κ1) is 13.9. The summed E-state index contributed by atoms with van der Waals surface area (Å²) < 4.78 is 0.934. The van der Waals surface area contributed by atoms with E-state index in [4.69, 9.17) is 11.6 Å². The number of hydrogen-bond donors (Lipinski definition) is 1. The van der Waals surface area contributed by atoms with Crippen molar-refractivity contribution in [1.82, 2.24) is 0 Å². The van der Waals surface area contributed by atoms with Gasteiger partial charge in [-0.3, -0.25) is 0 Å². The van der Waals surface area contributed by atoms with Crippen molar-refractivity contribution in [2.24, 2.45) is 0 Å². The van der Waals surface area contributed by atoms with Gasteiger partial charge in [-0.25, -0.2) is 0 Å². The predicted molar refractivity (Wildman–Crippen MR) is 81.3 cm³/mol. The average Bonchev–Trinajstić information content (AvgIpc) is 2.37. The van der Waals surface area contributed by atoms with Crippen LogP contribution in [0.1, 0.15) is 11.7 Å². The van der Waals surface area contributed by atoms with Gasteiger partial charge in [-0.05, 0) is 29.8 Å². The molecule has 0 fully saturated rings. The summed E-state index contributed by atoms with van der Waals surface area (Å²) in [5.74, 6) is 0.600. The molecule has 0 heterocycles. The zero-order chi connectivity index (χ0) is 13.0. The summed E-state index contributed by atoms with van der Waals surface area (Å²) in [6.07, 6.45) is -0.496. The van der Waals surface area contributed by atoms with Crippen molar-refractivity contribution >= 4 is 39.3 Å². The third-order valence-electron chi connectivity index (χ3n) is 2.47. The van der Waals surface area contributed by atoms with Crippen molar-refractivity contribution in [1.29, 1.82) is 0 Å². The number of hydrogen-bond acceptors (Lipinski definition) is 2. The maximum atomic E-state index is 10.1. The third kappa shape index (κ3) is 3.75. The Hall–Kier alpha value is -0.480. The number of rotatable bonds is 4. The third-order valence-corrected chi connectivity index (χ3v) is 4.50. The van der Waals surface area contributed by atoms with E-state index in [9.17, 15) is 5.11 Å². The summed E-state index contributed by atoms with van der Waals surface area (Å²) in [7, 11) is 0. The molecular weight excluding hydrogens is 332 g/mol. The molecule has 0 aliphatic heterocycles. The number of halogens is 2. The maximum Gasteiger partial charge on any atom is 0.0894 e. The number of aliphatic hydroxyl groups is 1. The van der Waals surface area contributed by atoms with Crippen molar-refractivity contribution in [2.45, 2.75) is 11.0 Å². The summed E-state index contributed by atoms with van der Waals surface area (Å²) in [6, 6.07) is 15.4.